The Morgan fingerprint density at radius 1 is 1.47 bits per heavy atom. The van der Waals surface area contributed by atoms with Gasteiger partial charge in [-0.2, -0.15) is 0 Å². The average molecular weight is 203 g/mol. The summed E-state index contributed by atoms with van der Waals surface area (Å²) in [6, 6.07) is 7.09. The van der Waals surface area contributed by atoms with Crippen LogP contribution in [-0.4, -0.2) is 36.1 Å². The van der Waals surface area contributed by atoms with Gasteiger partial charge in [-0.25, -0.2) is 4.79 Å². The maximum absolute atomic E-state index is 10.8. The van der Waals surface area contributed by atoms with Crippen LogP contribution in [0.3, 0.4) is 0 Å². The predicted octanol–water partition coefficient (Wildman–Crippen LogP) is 1.71. The fraction of sp³-hybridized carbons (Fsp3) is 0.250. The van der Waals surface area contributed by atoms with Crippen molar-refractivity contribution in [1.82, 2.24) is 4.90 Å². The van der Waals surface area contributed by atoms with Crippen molar-refractivity contribution in [2.24, 2.45) is 0 Å². The number of benzene rings is 1. The third-order valence-electron chi connectivity index (χ3n) is 2.57. The van der Waals surface area contributed by atoms with E-state index in [0.717, 1.165) is 18.7 Å². The van der Waals surface area contributed by atoms with Gasteiger partial charge in [0, 0.05) is 13.1 Å². The van der Waals surface area contributed by atoms with Gasteiger partial charge < -0.3 is 5.11 Å². The van der Waals surface area contributed by atoms with E-state index >= 15 is 0 Å². The number of rotatable bonds is 2. The zero-order valence-corrected chi connectivity index (χ0v) is 8.60. The van der Waals surface area contributed by atoms with Crippen LogP contribution in [0.25, 0.3) is 5.57 Å². The maximum Gasteiger partial charge on any atom is 0.335 e. The molecule has 1 aliphatic heterocycles. The van der Waals surface area contributed by atoms with Crippen molar-refractivity contribution in [3.8, 4) is 0 Å². The van der Waals surface area contributed by atoms with Crippen molar-refractivity contribution in [3.63, 3.8) is 0 Å². The van der Waals surface area contributed by atoms with Crippen LogP contribution in [0.1, 0.15) is 15.9 Å². The molecule has 3 heteroatoms. The molecular weight excluding hydrogens is 190 g/mol. The molecule has 1 aromatic rings. The molecular formula is C12H13NO2. The van der Waals surface area contributed by atoms with Crippen LogP contribution in [0.15, 0.2) is 30.3 Å². The molecule has 78 valence electrons. The lowest BCUT2D eigenvalue weighted by atomic mass is 10.0. The molecule has 1 aromatic carbocycles. The van der Waals surface area contributed by atoms with E-state index in [2.05, 4.69) is 11.0 Å². The first kappa shape index (κ1) is 9.93. The Morgan fingerprint density at radius 3 is 2.87 bits per heavy atom. The van der Waals surface area contributed by atoms with Crippen molar-refractivity contribution in [1.29, 1.82) is 0 Å². The Kier molecular flexibility index (Phi) is 2.56. The summed E-state index contributed by atoms with van der Waals surface area (Å²) in [5.74, 6) is -0.871. The summed E-state index contributed by atoms with van der Waals surface area (Å²) < 4.78 is 0. The van der Waals surface area contributed by atoms with Crippen molar-refractivity contribution in [3.05, 3.63) is 41.5 Å². The van der Waals surface area contributed by atoms with Gasteiger partial charge in [0.15, 0.2) is 0 Å². The molecule has 0 aliphatic carbocycles. The third-order valence-corrected chi connectivity index (χ3v) is 2.57. The molecule has 1 heterocycles. The van der Waals surface area contributed by atoms with E-state index in [4.69, 9.17) is 5.11 Å². The number of likely N-dealkylation sites (N-methyl/N-ethyl adjacent to an activating group) is 1. The zero-order valence-electron chi connectivity index (χ0n) is 8.60. The molecule has 1 N–H and O–H groups in total. The minimum absolute atomic E-state index is 0.350. The maximum atomic E-state index is 10.8. The van der Waals surface area contributed by atoms with Gasteiger partial charge >= 0.3 is 5.97 Å². The quantitative estimate of drug-likeness (QED) is 0.795. The molecule has 0 spiro atoms. The highest BCUT2D eigenvalue weighted by Crippen LogP contribution is 2.20. The number of aromatic carboxylic acids is 1. The van der Waals surface area contributed by atoms with Crippen LogP contribution in [0.2, 0.25) is 0 Å². The molecule has 2 rings (SSSR count). The molecule has 3 nitrogen and oxygen atoms in total. The summed E-state index contributed by atoms with van der Waals surface area (Å²) >= 11 is 0. The van der Waals surface area contributed by atoms with Gasteiger partial charge in [0.1, 0.15) is 0 Å². The van der Waals surface area contributed by atoms with E-state index in [-0.39, 0.29) is 0 Å². The normalized spacial score (nSPS) is 16.5. The summed E-state index contributed by atoms with van der Waals surface area (Å²) in [6.07, 6.45) is 2.14. The molecule has 15 heavy (non-hydrogen) atoms. The molecule has 1 aliphatic rings. The van der Waals surface area contributed by atoms with Crippen LogP contribution >= 0.6 is 0 Å². The van der Waals surface area contributed by atoms with Crippen LogP contribution in [0.4, 0.5) is 0 Å². The second-order valence-electron chi connectivity index (χ2n) is 3.81. The number of nitrogens with zero attached hydrogens (tertiary/aromatic N) is 1. The predicted molar refractivity (Wildman–Crippen MR) is 58.9 cm³/mol. The Labute approximate surface area is 88.6 Å². The highest BCUT2D eigenvalue weighted by molar-refractivity contribution is 5.89. The highest BCUT2D eigenvalue weighted by atomic mass is 16.4. The van der Waals surface area contributed by atoms with E-state index in [1.54, 1.807) is 18.2 Å². The monoisotopic (exact) mass is 203 g/mol. The lowest BCUT2D eigenvalue weighted by Crippen LogP contribution is -2.13. The minimum atomic E-state index is -0.871. The van der Waals surface area contributed by atoms with Crippen LogP contribution in [-0.2, 0) is 0 Å². The first-order chi connectivity index (χ1) is 7.16. The van der Waals surface area contributed by atoms with Gasteiger partial charge in [-0.05, 0) is 30.3 Å². The van der Waals surface area contributed by atoms with Crippen LogP contribution < -0.4 is 0 Å². The van der Waals surface area contributed by atoms with Gasteiger partial charge in [-0.1, -0.05) is 18.2 Å². The summed E-state index contributed by atoms with van der Waals surface area (Å²) in [6.45, 7) is 1.83. The van der Waals surface area contributed by atoms with E-state index in [1.807, 2.05) is 13.1 Å². The topological polar surface area (TPSA) is 40.5 Å². The Balaban J connectivity index is 2.29. The summed E-state index contributed by atoms with van der Waals surface area (Å²) in [7, 11) is 2.05. The van der Waals surface area contributed by atoms with Crippen molar-refractivity contribution in [2.45, 2.75) is 0 Å². The van der Waals surface area contributed by atoms with Crippen LogP contribution in [0.5, 0.6) is 0 Å². The lowest BCUT2D eigenvalue weighted by Gasteiger charge is -2.08. The molecule has 0 atom stereocenters. The number of carboxylic acid groups (broad SMARTS) is 1. The van der Waals surface area contributed by atoms with Crippen LogP contribution in [0, 0.1) is 0 Å². The second kappa shape index (κ2) is 3.87. The standard InChI is InChI=1S/C12H13NO2/c1-13-6-5-11(8-13)9-3-2-4-10(7-9)12(14)15/h2-5,7H,6,8H2,1H3,(H,14,15). The fourth-order valence-corrected chi connectivity index (χ4v) is 1.75. The largest absolute Gasteiger partial charge is 0.478 e. The minimum Gasteiger partial charge on any atom is -0.478 e. The zero-order chi connectivity index (χ0) is 10.8. The molecule has 0 unspecified atom stereocenters. The van der Waals surface area contributed by atoms with E-state index < -0.39 is 5.97 Å². The number of hydrogen-bond donors (Lipinski definition) is 1. The Morgan fingerprint density at radius 2 is 2.27 bits per heavy atom. The lowest BCUT2D eigenvalue weighted by molar-refractivity contribution is 0.0697. The summed E-state index contributed by atoms with van der Waals surface area (Å²) in [5, 5.41) is 8.87. The van der Waals surface area contributed by atoms with Crippen molar-refractivity contribution in [2.75, 3.05) is 20.1 Å². The molecule has 0 radical (unpaired) electrons. The number of carboxylic acids is 1. The summed E-state index contributed by atoms with van der Waals surface area (Å²) in [5.41, 5.74) is 2.57. The molecule has 0 amide bonds. The number of hydrogen-bond acceptors (Lipinski definition) is 2. The van der Waals surface area contributed by atoms with Gasteiger partial charge in [0.05, 0.1) is 5.56 Å². The van der Waals surface area contributed by atoms with E-state index in [0.29, 0.717) is 5.56 Å². The van der Waals surface area contributed by atoms with Gasteiger partial charge in [0.25, 0.3) is 0 Å². The molecule has 0 saturated heterocycles. The molecule has 0 bridgehead atoms. The third kappa shape index (κ3) is 2.07. The fourth-order valence-electron chi connectivity index (χ4n) is 1.75. The average Bonchev–Trinajstić information content (AvgIpc) is 2.65. The van der Waals surface area contributed by atoms with Crippen molar-refractivity contribution < 1.29 is 9.90 Å². The van der Waals surface area contributed by atoms with Gasteiger partial charge in [0.2, 0.25) is 0 Å². The molecule has 0 aromatic heterocycles. The van der Waals surface area contributed by atoms with Gasteiger partial charge in [-0.3, -0.25) is 4.90 Å². The molecule has 0 fully saturated rings. The summed E-state index contributed by atoms with van der Waals surface area (Å²) in [4.78, 5) is 13.0. The second-order valence-corrected chi connectivity index (χ2v) is 3.81. The van der Waals surface area contributed by atoms with E-state index in [9.17, 15) is 4.79 Å². The Bertz CT molecular complexity index is 423. The molecule has 0 saturated carbocycles. The first-order valence-corrected chi connectivity index (χ1v) is 4.88. The first-order valence-electron chi connectivity index (χ1n) is 4.88. The SMILES string of the molecule is CN1CC=C(c2cccc(C(=O)O)c2)C1. The highest BCUT2D eigenvalue weighted by Gasteiger charge is 2.12. The van der Waals surface area contributed by atoms with Crippen molar-refractivity contribution >= 4 is 11.5 Å². The van der Waals surface area contributed by atoms with Gasteiger partial charge in [-0.15, -0.1) is 0 Å². The Hall–Kier alpha value is -1.61. The number of carbonyl (C=O) groups is 1. The van der Waals surface area contributed by atoms with E-state index in [1.165, 1.54) is 5.57 Å². The smallest absolute Gasteiger partial charge is 0.335 e.